The summed E-state index contributed by atoms with van der Waals surface area (Å²) in [7, 11) is 0. The second-order valence-electron chi connectivity index (χ2n) is 12.3. The maximum atomic E-state index is 5.37. The molecule has 43 heavy (non-hydrogen) atoms. The molecule has 0 amide bonds. The standard InChI is InChI=1S/C40H33N3/c1-24(2)26-16-18-30-31-19-17-27(25(3)4)22-35(31)40-39(34(30)21-26)41-23-36(42-40)28-10-9-11-29(20-28)43-37-14-7-5-12-32(37)33-13-6-8-15-38(33)43/h5-25H,1-4H3. The minimum Gasteiger partial charge on any atom is -0.309 e. The highest BCUT2D eigenvalue weighted by atomic mass is 15.0. The van der Waals surface area contributed by atoms with Crippen molar-refractivity contribution >= 4 is 54.4 Å². The molecule has 6 aromatic carbocycles. The molecule has 3 nitrogen and oxygen atoms in total. The molecular weight excluding hydrogens is 522 g/mol. The van der Waals surface area contributed by atoms with Gasteiger partial charge in [0.25, 0.3) is 0 Å². The molecule has 0 saturated carbocycles. The van der Waals surface area contributed by atoms with Crippen LogP contribution in [0.25, 0.3) is 71.3 Å². The molecule has 0 fully saturated rings. The summed E-state index contributed by atoms with van der Waals surface area (Å²) in [5.74, 6) is 0.867. The Morgan fingerprint density at radius 2 is 1.09 bits per heavy atom. The van der Waals surface area contributed by atoms with Gasteiger partial charge in [-0.25, -0.2) is 4.98 Å². The summed E-state index contributed by atoms with van der Waals surface area (Å²) in [6.07, 6.45) is 1.95. The number of benzene rings is 6. The lowest BCUT2D eigenvalue weighted by molar-refractivity contribution is 0.868. The minimum atomic E-state index is 0.428. The zero-order chi connectivity index (χ0) is 29.2. The average Bonchev–Trinajstić information content (AvgIpc) is 3.38. The summed E-state index contributed by atoms with van der Waals surface area (Å²) in [6.45, 7) is 8.98. The van der Waals surface area contributed by atoms with Gasteiger partial charge in [0, 0.05) is 32.8 Å². The van der Waals surface area contributed by atoms with Crippen LogP contribution in [0.1, 0.15) is 50.7 Å². The van der Waals surface area contributed by atoms with Crippen molar-refractivity contribution in [3.8, 4) is 16.9 Å². The van der Waals surface area contributed by atoms with E-state index < -0.39 is 0 Å². The second kappa shape index (κ2) is 9.78. The van der Waals surface area contributed by atoms with E-state index in [1.54, 1.807) is 0 Å². The molecule has 2 heterocycles. The van der Waals surface area contributed by atoms with E-state index in [0.717, 1.165) is 28.0 Å². The van der Waals surface area contributed by atoms with Crippen LogP contribution in [0.4, 0.5) is 0 Å². The molecule has 0 radical (unpaired) electrons. The lowest BCUT2D eigenvalue weighted by Gasteiger charge is -2.15. The van der Waals surface area contributed by atoms with Crippen LogP contribution in [-0.2, 0) is 0 Å². The zero-order valence-corrected chi connectivity index (χ0v) is 25.0. The monoisotopic (exact) mass is 555 g/mol. The maximum Gasteiger partial charge on any atom is 0.0979 e. The van der Waals surface area contributed by atoms with Crippen molar-refractivity contribution in [1.82, 2.24) is 14.5 Å². The fourth-order valence-corrected chi connectivity index (χ4v) is 6.62. The molecule has 0 N–H and O–H groups in total. The first-order valence-electron chi connectivity index (χ1n) is 15.2. The van der Waals surface area contributed by atoms with E-state index in [-0.39, 0.29) is 0 Å². The number of hydrogen-bond donors (Lipinski definition) is 0. The van der Waals surface area contributed by atoms with Gasteiger partial charge in [0.15, 0.2) is 0 Å². The van der Waals surface area contributed by atoms with Gasteiger partial charge >= 0.3 is 0 Å². The fourth-order valence-electron chi connectivity index (χ4n) is 6.62. The molecular formula is C40H33N3. The number of nitrogens with zero attached hydrogens (tertiary/aromatic N) is 3. The topological polar surface area (TPSA) is 30.7 Å². The van der Waals surface area contributed by atoms with E-state index in [2.05, 4.69) is 141 Å². The van der Waals surface area contributed by atoms with Crippen LogP contribution in [-0.4, -0.2) is 14.5 Å². The highest BCUT2D eigenvalue weighted by Gasteiger charge is 2.16. The van der Waals surface area contributed by atoms with Crippen LogP contribution < -0.4 is 0 Å². The Balaban J connectivity index is 1.38. The molecule has 208 valence electrons. The van der Waals surface area contributed by atoms with Gasteiger partial charge in [-0.15, -0.1) is 0 Å². The number of aromatic nitrogens is 3. The summed E-state index contributed by atoms with van der Waals surface area (Å²) in [5, 5.41) is 7.32. The van der Waals surface area contributed by atoms with E-state index in [9.17, 15) is 0 Å². The Bertz CT molecular complexity index is 2300. The molecule has 0 aliphatic rings. The van der Waals surface area contributed by atoms with Gasteiger partial charge in [-0.1, -0.05) is 100 Å². The molecule has 0 unspecified atom stereocenters. The molecule has 0 aliphatic carbocycles. The van der Waals surface area contributed by atoms with Gasteiger partial charge < -0.3 is 4.57 Å². The van der Waals surface area contributed by atoms with Crippen LogP contribution >= 0.6 is 0 Å². The third-order valence-electron chi connectivity index (χ3n) is 8.97. The summed E-state index contributed by atoms with van der Waals surface area (Å²) in [4.78, 5) is 10.5. The Morgan fingerprint density at radius 3 is 1.70 bits per heavy atom. The molecule has 0 atom stereocenters. The van der Waals surface area contributed by atoms with Crippen molar-refractivity contribution in [2.45, 2.75) is 39.5 Å². The van der Waals surface area contributed by atoms with Crippen molar-refractivity contribution < 1.29 is 0 Å². The number of para-hydroxylation sites is 2. The third kappa shape index (κ3) is 4.03. The summed E-state index contributed by atoms with van der Waals surface area (Å²) >= 11 is 0. The van der Waals surface area contributed by atoms with Crippen LogP contribution in [0, 0.1) is 0 Å². The Kier molecular flexibility index (Phi) is 5.84. The Hall–Kier alpha value is -5.02. The van der Waals surface area contributed by atoms with Crippen molar-refractivity contribution in [2.24, 2.45) is 0 Å². The van der Waals surface area contributed by atoms with Crippen LogP contribution in [0.2, 0.25) is 0 Å². The quantitative estimate of drug-likeness (QED) is 0.202. The fraction of sp³-hybridized carbons (Fsp3) is 0.150. The average molecular weight is 556 g/mol. The Labute approximate surface area is 251 Å². The number of rotatable bonds is 4. The van der Waals surface area contributed by atoms with E-state index >= 15 is 0 Å². The lowest BCUT2D eigenvalue weighted by Crippen LogP contribution is -1.97. The van der Waals surface area contributed by atoms with Gasteiger partial charge in [-0.05, 0) is 70.1 Å². The molecule has 8 rings (SSSR count). The summed E-state index contributed by atoms with van der Waals surface area (Å²) in [5.41, 5.74) is 10.0. The van der Waals surface area contributed by atoms with Gasteiger partial charge in [0.1, 0.15) is 0 Å². The highest BCUT2D eigenvalue weighted by molar-refractivity contribution is 6.23. The first kappa shape index (κ1) is 25.7. The minimum absolute atomic E-state index is 0.428. The predicted octanol–water partition coefficient (Wildman–Crippen LogP) is 10.9. The predicted molar refractivity (Wildman–Crippen MR) is 183 cm³/mol. The van der Waals surface area contributed by atoms with Gasteiger partial charge in [0.2, 0.25) is 0 Å². The van der Waals surface area contributed by atoms with Gasteiger partial charge in [-0.3, -0.25) is 4.98 Å². The number of hydrogen-bond acceptors (Lipinski definition) is 2. The Morgan fingerprint density at radius 1 is 0.512 bits per heavy atom. The van der Waals surface area contributed by atoms with Crippen LogP contribution in [0.5, 0.6) is 0 Å². The SMILES string of the molecule is CC(C)c1ccc2c3ccc(C(C)C)cc3c3nc(-c4cccc(-n5c6ccccc6c6ccccc65)c4)cnc3c2c1. The molecule has 3 heteroatoms. The lowest BCUT2D eigenvalue weighted by atomic mass is 9.92. The highest BCUT2D eigenvalue weighted by Crippen LogP contribution is 2.38. The van der Waals surface area contributed by atoms with Crippen molar-refractivity contribution in [3.63, 3.8) is 0 Å². The van der Waals surface area contributed by atoms with E-state index in [0.29, 0.717) is 11.8 Å². The second-order valence-corrected chi connectivity index (χ2v) is 12.3. The normalized spacial score (nSPS) is 12.1. The smallest absolute Gasteiger partial charge is 0.0979 e. The summed E-state index contributed by atoms with van der Waals surface area (Å²) < 4.78 is 2.36. The first-order chi connectivity index (χ1) is 21.0. The molecule has 0 aliphatic heterocycles. The van der Waals surface area contributed by atoms with Crippen molar-refractivity contribution in [3.05, 3.63) is 127 Å². The molecule has 0 bridgehead atoms. The van der Waals surface area contributed by atoms with Crippen LogP contribution in [0.3, 0.4) is 0 Å². The molecule has 0 spiro atoms. The molecule has 8 aromatic rings. The van der Waals surface area contributed by atoms with Gasteiger partial charge in [0.05, 0.1) is 34.0 Å². The third-order valence-corrected chi connectivity index (χ3v) is 8.97. The van der Waals surface area contributed by atoms with E-state index in [1.165, 1.54) is 54.5 Å². The zero-order valence-electron chi connectivity index (χ0n) is 25.0. The van der Waals surface area contributed by atoms with Crippen molar-refractivity contribution in [2.75, 3.05) is 0 Å². The van der Waals surface area contributed by atoms with Crippen molar-refractivity contribution in [1.29, 1.82) is 0 Å². The first-order valence-corrected chi connectivity index (χ1v) is 15.2. The molecule has 0 saturated heterocycles. The largest absolute Gasteiger partial charge is 0.309 e. The van der Waals surface area contributed by atoms with Gasteiger partial charge in [-0.2, -0.15) is 0 Å². The number of fused-ring (bicyclic) bond motifs is 9. The summed E-state index contributed by atoms with van der Waals surface area (Å²) in [6, 6.07) is 39.7. The maximum absolute atomic E-state index is 5.37. The van der Waals surface area contributed by atoms with Crippen LogP contribution in [0.15, 0.2) is 115 Å². The van der Waals surface area contributed by atoms with E-state index in [4.69, 9.17) is 9.97 Å². The van der Waals surface area contributed by atoms with E-state index in [1.807, 2.05) is 6.20 Å². The molecule has 2 aromatic heterocycles.